The summed E-state index contributed by atoms with van der Waals surface area (Å²) in [5.41, 5.74) is 0. The summed E-state index contributed by atoms with van der Waals surface area (Å²) in [6.07, 6.45) is 0.869. The van der Waals surface area contributed by atoms with E-state index in [2.05, 4.69) is 20.3 Å². The highest BCUT2D eigenvalue weighted by atomic mass is 35.5. The molecule has 0 atom stereocenters. The Balaban J connectivity index is 2.19. The number of hydrogen-bond donors (Lipinski definition) is 1. The lowest BCUT2D eigenvalue weighted by Crippen LogP contribution is -2.06. The van der Waals surface area contributed by atoms with Crippen molar-refractivity contribution in [2.24, 2.45) is 0 Å². The van der Waals surface area contributed by atoms with Crippen LogP contribution < -0.4 is 14.8 Å². The van der Waals surface area contributed by atoms with Gasteiger partial charge in [0, 0.05) is 12.1 Å². The molecular weight excluding hydrogens is 280 g/mol. The van der Waals surface area contributed by atoms with Gasteiger partial charge in [-0.25, -0.2) is 0 Å². The van der Waals surface area contributed by atoms with Crippen molar-refractivity contribution in [3.05, 3.63) is 29.3 Å². The summed E-state index contributed by atoms with van der Waals surface area (Å²) in [6, 6.07) is 7.32. The maximum absolute atomic E-state index is 5.82. The largest absolute Gasteiger partial charge is 0.463 e. The van der Waals surface area contributed by atoms with Crippen molar-refractivity contribution in [1.82, 2.24) is 15.0 Å². The Bertz CT molecular complexity index is 563. The fourth-order valence-electron chi connectivity index (χ4n) is 1.36. The molecule has 0 unspecified atom stereocenters. The summed E-state index contributed by atoms with van der Waals surface area (Å²) in [7, 11) is 1.71. The molecule has 0 saturated carbocycles. The predicted octanol–water partition coefficient (Wildman–Crippen LogP) is 3.15. The molecule has 7 heteroatoms. The molecule has 0 amide bonds. The summed E-state index contributed by atoms with van der Waals surface area (Å²) in [6.45, 7) is 2.54. The highest BCUT2D eigenvalue weighted by Gasteiger charge is 2.08. The first-order valence-corrected chi connectivity index (χ1v) is 6.59. The van der Waals surface area contributed by atoms with Crippen LogP contribution in [0.4, 0.5) is 5.95 Å². The maximum atomic E-state index is 5.82. The lowest BCUT2D eigenvalue weighted by Gasteiger charge is -2.08. The van der Waals surface area contributed by atoms with Crippen LogP contribution in [0, 0.1) is 0 Å². The molecule has 2 aromatic rings. The van der Waals surface area contributed by atoms with E-state index in [1.807, 2.05) is 6.92 Å². The second-order valence-electron chi connectivity index (χ2n) is 3.88. The smallest absolute Gasteiger partial charge is 0.330 e. The van der Waals surface area contributed by atoms with Gasteiger partial charge in [0.25, 0.3) is 0 Å². The van der Waals surface area contributed by atoms with Crippen molar-refractivity contribution in [2.45, 2.75) is 13.3 Å². The molecule has 6 nitrogen and oxygen atoms in total. The molecule has 0 saturated heterocycles. The SMILES string of the molecule is CCCOc1nc(NC)nc(Oc2ccc(Cl)cc2)n1. The zero-order valence-electron chi connectivity index (χ0n) is 11.3. The lowest BCUT2D eigenvalue weighted by atomic mass is 10.3. The average Bonchev–Trinajstić information content (AvgIpc) is 2.47. The molecule has 0 spiro atoms. The summed E-state index contributed by atoms with van der Waals surface area (Å²) in [4.78, 5) is 12.3. The van der Waals surface area contributed by atoms with Gasteiger partial charge in [0.2, 0.25) is 5.95 Å². The van der Waals surface area contributed by atoms with Crippen LogP contribution >= 0.6 is 11.6 Å². The third kappa shape index (κ3) is 3.96. The minimum Gasteiger partial charge on any atom is -0.463 e. The van der Waals surface area contributed by atoms with Crippen molar-refractivity contribution >= 4 is 17.5 Å². The number of benzene rings is 1. The van der Waals surface area contributed by atoms with E-state index in [4.69, 9.17) is 21.1 Å². The highest BCUT2D eigenvalue weighted by Crippen LogP contribution is 2.22. The molecule has 1 heterocycles. The quantitative estimate of drug-likeness (QED) is 0.882. The number of rotatable bonds is 6. The summed E-state index contributed by atoms with van der Waals surface area (Å²) in [5.74, 6) is 0.971. The fraction of sp³-hybridized carbons (Fsp3) is 0.308. The second kappa shape index (κ2) is 6.91. The topological polar surface area (TPSA) is 69.2 Å². The summed E-state index contributed by atoms with van der Waals surface area (Å²) in [5, 5.41) is 3.47. The lowest BCUT2D eigenvalue weighted by molar-refractivity contribution is 0.285. The molecule has 0 aliphatic carbocycles. The van der Waals surface area contributed by atoms with Crippen LogP contribution in [0.5, 0.6) is 17.8 Å². The molecule has 1 aromatic carbocycles. The van der Waals surface area contributed by atoms with Gasteiger partial charge in [-0.3, -0.25) is 0 Å². The van der Waals surface area contributed by atoms with Gasteiger partial charge < -0.3 is 14.8 Å². The number of nitrogens with zero attached hydrogens (tertiary/aromatic N) is 3. The first-order valence-electron chi connectivity index (χ1n) is 6.21. The highest BCUT2D eigenvalue weighted by molar-refractivity contribution is 6.30. The minimum atomic E-state index is 0.165. The number of nitrogens with one attached hydrogen (secondary N) is 1. The normalized spacial score (nSPS) is 10.2. The van der Waals surface area contributed by atoms with E-state index in [1.54, 1.807) is 31.3 Å². The van der Waals surface area contributed by atoms with Gasteiger partial charge in [0.05, 0.1) is 6.61 Å². The van der Waals surface area contributed by atoms with Gasteiger partial charge in [0.15, 0.2) is 0 Å². The van der Waals surface area contributed by atoms with Gasteiger partial charge in [0.1, 0.15) is 5.75 Å². The third-order valence-corrected chi connectivity index (χ3v) is 2.53. The summed E-state index contributed by atoms with van der Waals surface area (Å²) < 4.78 is 10.9. The number of ether oxygens (including phenoxy) is 2. The van der Waals surface area contributed by atoms with Crippen LogP contribution in [0.25, 0.3) is 0 Å². The Labute approximate surface area is 122 Å². The molecule has 0 aliphatic heterocycles. The second-order valence-corrected chi connectivity index (χ2v) is 4.32. The van der Waals surface area contributed by atoms with E-state index in [1.165, 1.54) is 0 Å². The van der Waals surface area contributed by atoms with E-state index in [9.17, 15) is 0 Å². The van der Waals surface area contributed by atoms with Gasteiger partial charge in [-0.15, -0.1) is 4.98 Å². The van der Waals surface area contributed by atoms with Crippen molar-refractivity contribution in [1.29, 1.82) is 0 Å². The van der Waals surface area contributed by atoms with Gasteiger partial charge in [-0.2, -0.15) is 9.97 Å². The molecule has 0 radical (unpaired) electrons. The Hall–Kier alpha value is -2.08. The molecule has 0 bridgehead atoms. The van der Waals surface area contributed by atoms with Crippen molar-refractivity contribution in [2.75, 3.05) is 19.0 Å². The van der Waals surface area contributed by atoms with Gasteiger partial charge in [-0.05, 0) is 30.7 Å². The van der Waals surface area contributed by atoms with E-state index < -0.39 is 0 Å². The zero-order chi connectivity index (χ0) is 14.4. The van der Waals surface area contributed by atoms with E-state index in [0.29, 0.717) is 23.3 Å². The fourth-order valence-corrected chi connectivity index (χ4v) is 1.49. The van der Waals surface area contributed by atoms with Gasteiger partial charge in [-0.1, -0.05) is 18.5 Å². The average molecular weight is 295 g/mol. The zero-order valence-corrected chi connectivity index (χ0v) is 12.0. The number of aromatic nitrogens is 3. The van der Waals surface area contributed by atoms with Crippen LogP contribution in [-0.2, 0) is 0 Å². The van der Waals surface area contributed by atoms with Crippen molar-refractivity contribution < 1.29 is 9.47 Å². The number of halogens is 1. The van der Waals surface area contributed by atoms with Crippen LogP contribution in [0.1, 0.15) is 13.3 Å². The summed E-state index contributed by atoms with van der Waals surface area (Å²) >= 11 is 5.82. The molecule has 0 aliphatic rings. The first-order chi connectivity index (χ1) is 9.71. The molecule has 0 fully saturated rings. The molecule has 1 N–H and O–H groups in total. The first kappa shape index (κ1) is 14.3. The molecule has 20 heavy (non-hydrogen) atoms. The number of anilines is 1. The third-order valence-electron chi connectivity index (χ3n) is 2.28. The molecule has 1 aromatic heterocycles. The van der Waals surface area contributed by atoms with E-state index in [0.717, 1.165) is 6.42 Å². The Kier molecular flexibility index (Phi) is 4.95. The Morgan fingerprint density at radius 2 is 1.80 bits per heavy atom. The van der Waals surface area contributed by atoms with E-state index >= 15 is 0 Å². The van der Waals surface area contributed by atoms with Crippen molar-refractivity contribution in [3.8, 4) is 17.8 Å². The Morgan fingerprint density at radius 3 is 2.45 bits per heavy atom. The van der Waals surface area contributed by atoms with Crippen LogP contribution in [0.2, 0.25) is 5.02 Å². The minimum absolute atomic E-state index is 0.165. The predicted molar refractivity (Wildman–Crippen MR) is 76.7 cm³/mol. The van der Waals surface area contributed by atoms with Gasteiger partial charge >= 0.3 is 12.0 Å². The molecule has 2 rings (SSSR count). The van der Waals surface area contributed by atoms with E-state index in [-0.39, 0.29) is 12.0 Å². The van der Waals surface area contributed by atoms with Crippen molar-refractivity contribution in [3.63, 3.8) is 0 Å². The molecular formula is C13H15ClN4O2. The standard InChI is InChI=1S/C13H15ClN4O2/c1-3-8-19-12-16-11(15-2)17-13(18-12)20-10-6-4-9(14)5-7-10/h4-7H,3,8H2,1-2H3,(H,15,16,17,18). The van der Waals surface area contributed by atoms with Crippen LogP contribution in [0.15, 0.2) is 24.3 Å². The maximum Gasteiger partial charge on any atom is 0.330 e. The van der Waals surface area contributed by atoms with Crippen LogP contribution in [-0.4, -0.2) is 28.6 Å². The Morgan fingerprint density at radius 1 is 1.10 bits per heavy atom. The number of hydrogen-bond acceptors (Lipinski definition) is 6. The molecule has 106 valence electrons. The monoisotopic (exact) mass is 294 g/mol. The van der Waals surface area contributed by atoms with Crippen LogP contribution in [0.3, 0.4) is 0 Å².